The molecule has 0 amide bonds. The van der Waals surface area contributed by atoms with Crippen LogP contribution < -0.4 is 10.5 Å². The Morgan fingerprint density at radius 1 is 1.26 bits per heavy atom. The lowest BCUT2D eigenvalue weighted by atomic mass is 9.97. The highest BCUT2D eigenvalue weighted by Crippen LogP contribution is 2.40. The first-order valence-corrected chi connectivity index (χ1v) is 6.93. The van der Waals surface area contributed by atoms with Crippen molar-refractivity contribution in [3.63, 3.8) is 0 Å². The fourth-order valence-corrected chi connectivity index (χ4v) is 2.81. The fraction of sp³-hybridized carbons (Fsp3) is 0.625. The fourth-order valence-electron chi connectivity index (χ4n) is 2.81. The Hall–Kier alpha value is -1.06. The Labute approximate surface area is 116 Å². The lowest BCUT2D eigenvalue weighted by Gasteiger charge is -2.28. The summed E-state index contributed by atoms with van der Waals surface area (Å²) in [7, 11) is 0. The van der Waals surface area contributed by atoms with Gasteiger partial charge in [0.2, 0.25) is 0 Å². The van der Waals surface area contributed by atoms with Gasteiger partial charge in [-0.25, -0.2) is 0 Å². The quantitative estimate of drug-likeness (QED) is 0.908. The smallest absolute Gasteiger partial charge is 0.130 e. The van der Waals surface area contributed by atoms with Crippen LogP contribution in [0.4, 0.5) is 0 Å². The highest BCUT2D eigenvalue weighted by Gasteiger charge is 2.47. The van der Waals surface area contributed by atoms with E-state index in [0.29, 0.717) is 0 Å². The maximum atomic E-state index is 6.21. The van der Waals surface area contributed by atoms with Gasteiger partial charge in [-0.15, -0.1) is 0 Å². The van der Waals surface area contributed by atoms with Crippen LogP contribution in [0.5, 0.6) is 5.75 Å². The molecule has 0 spiro atoms. The van der Waals surface area contributed by atoms with Crippen molar-refractivity contribution in [3.8, 4) is 5.75 Å². The van der Waals surface area contributed by atoms with Gasteiger partial charge in [-0.3, -0.25) is 0 Å². The second kappa shape index (κ2) is 4.80. The standard InChI is InChI=1S/C16H25NO2/c1-11(17)12-8-6-7-9-13(12)18-14-10-15(2,3)19-16(14,4)5/h6-9,11,14H,10,17H2,1-5H3/t11-,14?/m0/s1. The third-order valence-corrected chi connectivity index (χ3v) is 3.67. The molecule has 0 aliphatic carbocycles. The summed E-state index contributed by atoms with van der Waals surface area (Å²) in [4.78, 5) is 0. The number of hydrogen-bond donors (Lipinski definition) is 1. The van der Waals surface area contributed by atoms with Crippen LogP contribution in [0.1, 0.15) is 52.6 Å². The molecule has 0 bridgehead atoms. The van der Waals surface area contributed by atoms with E-state index >= 15 is 0 Å². The predicted molar refractivity (Wildman–Crippen MR) is 77.3 cm³/mol. The van der Waals surface area contributed by atoms with Crippen LogP contribution in [-0.4, -0.2) is 17.3 Å². The molecular weight excluding hydrogens is 238 g/mol. The maximum absolute atomic E-state index is 6.21. The molecule has 2 atom stereocenters. The Bertz CT molecular complexity index is 452. The largest absolute Gasteiger partial charge is 0.487 e. The summed E-state index contributed by atoms with van der Waals surface area (Å²) in [5.41, 5.74) is 6.62. The lowest BCUT2D eigenvalue weighted by molar-refractivity contribution is -0.0847. The number of rotatable bonds is 3. The normalized spacial score (nSPS) is 26.1. The molecular formula is C16H25NO2. The van der Waals surface area contributed by atoms with Crippen LogP contribution in [0.3, 0.4) is 0 Å². The number of ether oxygens (including phenoxy) is 2. The minimum absolute atomic E-state index is 0.0327. The van der Waals surface area contributed by atoms with Gasteiger partial charge in [-0.1, -0.05) is 18.2 Å². The number of nitrogens with two attached hydrogens (primary N) is 1. The molecule has 0 aromatic heterocycles. The van der Waals surface area contributed by atoms with Gasteiger partial charge in [0.1, 0.15) is 17.5 Å². The minimum atomic E-state index is -0.283. The van der Waals surface area contributed by atoms with Gasteiger partial charge in [0.25, 0.3) is 0 Å². The van der Waals surface area contributed by atoms with E-state index < -0.39 is 0 Å². The first-order chi connectivity index (χ1) is 8.71. The number of hydrogen-bond acceptors (Lipinski definition) is 3. The molecule has 3 nitrogen and oxygen atoms in total. The summed E-state index contributed by atoms with van der Waals surface area (Å²) in [6.45, 7) is 10.4. The van der Waals surface area contributed by atoms with Gasteiger partial charge in [0, 0.05) is 18.0 Å². The van der Waals surface area contributed by atoms with Crippen LogP contribution in [-0.2, 0) is 4.74 Å². The summed E-state index contributed by atoms with van der Waals surface area (Å²) in [5, 5.41) is 0. The second-order valence-electron chi connectivity index (χ2n) is 6.60. The van der Waals surface area contributed by atoms with Gasteiger partial charge < -0.3 is 15.2 Å². The van der Waals surface area contributed by atoms with E-state index in [1.54, 1.807) is 0 Å². The average Bonchev–Trinajstić information content (AvgIpc) is 2.47. The van der Waals surface area contributed by atoms with Crippen LogP contribution in [0, 0.1) is 0 Å². The van der Waals surface area contributed by atoms with Crippen LogP contribution in [0.15, 0.2) is 24.3 Å². The first kappa shape index (κ1) is 14.4. The van der Waals surface area contributed by atoms with Gasteiger partial charge in [0.05, 0.1) is 5.60 Å². The summed E-state index contributed by atoms with van der Waals surface area (Å²) < 4.78 is 12.3. The summed E-state index contributed by atoms with van der Waals surface area (Å²) in [6, 6.07) is 7.95. The van der Waals surface area contributed by atoms with Crippen molar-refractivity contribution in [3.05, 3.63) is 29.8 Å². The third kappa shape index (κ3) is 3.10. The van der Waals surface area contributed by atoms with Crippen LogP contribution in [0.25, 0.3) is 0 Å². The Kier molecular flexibility index (Phi) is 3.63. The molecule has 0 saturated carbocycles. The van der Waals surface area contributed by atoms with Crippen LogP contribution in [0.2, 0.25) is 0 Å². The van der Waals surface area contributed by atoms with E-state index in [2.05, 4.69) is 27.7 Å². The maximum Gasteiger partial charge on any atom is 0.130 e. The molecule has 1 aromatic rings. The average molecular weight is 263 g/mol. The zero-order valence-corrected chi connectivity index (χ0v) is 12.6. The van der Waals surface area contributed by atoms with Crippen molar-refractivity contribution in [1.82, 2.24) is 0 Å². The number of benzene rings is 1. The summed E-state index contributed by atoms with van der Waals surface area (Å²) in [5.74, 6) is 0.872. The Balaban J connectivity index is 2.22. The van der Waals surface area contributed by atoms with Crippen molar-refractivity contribution >= 4 is 0 Å². The SMILES string of the molecule is C[C@H](N)c1ccccc1OC1CC(C)(C)OC1(C)C. The van der Waals surface area contributed by atoms with Gasteiger partial charge in [0.15, 0.2) is 0 Å². The molecule has 106 valence electrons. The molecule has 19 heavy (non-hydrogen) atoms. The second-order valence-corrected chi connectivity index (χ2v) is 6.60. The van der Waals surface area contributed by atoms with Crippen molar-refractivity contribution < 1.29 is 9.47 Å². The van der Waals surface area contributed by atoms with E-state index in [0.717, 1.165) is 17.7 Å². The van der Waals surface area contributed by atoms with Crippen molar-refractivity contribution in [1.29, 1.82) is 0 Å². The van der Waals surface area contributed by atoms with Gasteiger partial charge >= 0.3 is 0 Å². The monoisotopic (exact) mass is 263 g/mol. The first-order valence-electron chi connectivity index (χ1n) is 6.93. The van der Waals surface area contributed by atoms with Crippen molar-refractivity contribution in [2.45, 2.75) is 64.4 Å². The van der Waals surface area contributed by atoms with E-state index in [-0.39, 0.29) is 23.3 Å². The predicted octanol–water partition coefficient (Wildman–Crippen LogP) is 3.43. The summed E-state index contributed by atoms with van der Waals surface area (Å²) in [6.07, 6.45) is 0.926. The zero-order valence-electron chi connectivity index (χ0n) is 12.6. The molecule has 3 heteroatoms. The summed E-state index contributed by atoms with van der Waals surface area (Å²) >= 11 is 0. The molecule has 1 fully saturated rings. The van der Waals surface area contributed by atoms with Crippen molar-refractivity contribution in [2.24, 2.45) is 5.73 Å². The molecule has 1 aromatic carbocycles. The van der Waals surface area contributed by atoms with Gasteiger partial charge in [-0.2, -0.15) is 0 Å². The molecule has 1 unspecified atom stereocenters. The molecule has 1 aliphatic rings. The molecule has 2 N–H and O–H groups in total. The van der Waals surface area contributed by atoms with Crippen molar-refractivity contribution in [2.75, 3.05) is 0 Å². The Morgan fingerprint density at radius 2 is 1.89 bits per heavy atom. The van der Waals surface area contributed by atoms with E-state index in [1.165, 1.54) is 0 Å². The lowest BCUT2D eigenvalue weighted by Crippen LogP contribution is -2.37. The molecule has 2 rings (SSSR count). The molecule has 1 saturated heterocycles. The van der Waals surface area contributed by atoms with E-state index in [9.17, 15) is 0 Å². The van der Waals surface area contributed by atoms with Crippen LogP contribution >= 0.6 is 0 Å². The zero-order chi connectivity index (χ0) is 14.3. The van der Waals surface area contributed by atoms with Gasteiger partial charge in [-0.05, 0) is 40.7 Å². The topological polar surface area (TPSA) is 44.5 Å². The Morgan fingerprint density at radius 3 is 2.42 bits per heavy atom. The molecule has 0 radical (unpaired) electrons. The molecule has 1 aliphatic heterocycles. The highest BCUT2D eigenvalue weighted by molar-refractivity contribution is 5.35. The van der Waals surface area contributed by atoms with E-state index in [4.69, 9.17) is 15.2 Å². The number of para-hydroxylation sites is 1. The van der Waals surface area contributed by atoms with E-state index in [1.807, 2.05) is 31.2 Å². The highest BCUT2D eigenvalue weighted by atomic mass is 16.6. The third-order valence-electron chi connectivity index (χ3n) is 3.67. The minimum Gasteiger partial charge on any atom is -0.487 e. The molecule has 1 heterocycles.